The molecule has 0 atom stereocenters. The summed E-state index contributed by atoms with van der Waals surface area (Å²) in [7, 11) is 0. The van der Waals surface area contributed by atoms with Crippen LogP contribution in [-0.2, 0) is 0 Å². The molecular weight excluding hydrogens is 322 g/mol. The summed E-state index contributed by atoms with van der Waals surface area (Å²) in [6.07, 6.45) is 0. The zero-order valence-corrected chi connectivity index (χ0v) is 14.5. The highest BCUT2D eigenvalue weighted by Gasteiger charge is 2.16. The number of nitrogens with one attached hydrogen (secondary N) is 1. The lowest BCUT2D eigenvalue weighted by Crippen LogP contribution is -2.00. The van der Waals surface area contributed by atoms with Crippen molar-refractivity contribution < 1.29 is 0 Å². The number of nitrogens with zero attached hydrogens (tertiary/aromatic N) is 2. The van der Waals surface area contributed by atoms with E-state index in [1.54, 1.807) is 11.3 Å². The molecule has 3 nitrogen and oxygen atoms in total. The molecule has 0 saturated heterocycles. The van der Waals surface area contributed by atoms with Crippen molar-refractivity contribution in [3.63, 3.8) is 0 Å². The number of aromatic amines is 1. The maximum Gasteiger partial charge on any atom is 0.200 e. The molecule has 23 heavy (non-hydrogen) atoms. The van der Waals surface area contributed by atoms with Gasteiger partial charge in [0.05, 0.1) is 5.69 Å². The zero-order valence-electron chi connectivity index (χ0n) is 12.8. The molecule has 4 rings (SSSR count). The molecule has 0 saturated carbocycles. The second kappa shape index (κ2) is 5.44. The molecule has 0 bridgehead atoms. The molecule has 2 aromatic heterocycles. The van der Waals surface area contributed by atoms with E-state index in [0.717, 1.165) is 17.1 Å². The summed E-state index contributed by atoms with van der Waals surface area (Å²) in [5, 5.41) is 10.8. The van der Waals surface area contributed by atoms with Crippen molar-refractivity contribution in [3.05, 3.63) is 63.7 Å². The molecule has 0 radical (unpaired) electrons. The van der Waals surface area contributed by atoms with Gasteiger partial charge in [0.25, 0.3) is 0 Å². The molecule has 1 N–H and O–H groups in total. The number of aromatic nitrogens is 3. The number of aryl methyl sites for hydroxylation is 2. The van der Waals surface area contributed by atoms with Crippen molar-refractivity contribution in [3.8, 4) is 17.1 Å². The van der Waals surface area contributed by atoms with Crippen LogP contribution < -0.4 is 0 Å². The van der Waals surface area contributed by atoms with Crippen molar-refractivity contribution in [1.82, 2.24) is 14.8 Å². The van der Waals surface area contributed by atoms with Crippen LogP contribution in [0.1, 0.15) is 11.1 Å². The second-order valence-electron chi connectivity index (χ2n) is 5.62. The van der Waals surface area contributed by atoms with Crippen LogP contribution in [0, 0.1) is 18.6 Å². The lowest BCUT2D eigenvalue weighted by molar-refractivity contribution is 1.02. The van der Waals surface area contributed by atoms with Gasteiger partial charge in [-0.15, -0.1) is 11.3 Å². The van der Waals surface area contributed by atoms with Gasteiger partial charge in [-0.1, -0.05) is 30.3 Å². The topological polar surface area (TPSA) is 33.6 Å². The Morgan fingerprint density at radius 2 is 1.96 bits per heavy atom. The summed E-state index contributed by atoms with van der Waals surface area (Å²) >= 11 is 7.23. The average molecular weight is 337 g/mol. The van der Waals surface area contributed by atoms with Crippen molar-refractivity contribution in [2.24, 2.45) is 0 Å². The first-order chi connectivity index (χ1) is 11.1. The largest absolute Gasteiger partial charge is 0.268 e. The summed E-state index contributed by atoms with van der Waals surface area (Å²) in [6, 6.07) is 14.8. The summed E-state index contributed by atoms with van der Waals surface area (Å²) < 4.78 is 3.90. The summed E-state index contributed by atoms with van der Waals surface area (Å²) in [5.41, 5.74) is 4.57. The average Bonchev–Trinajstić information content (AvgIpc) is 3.13. The number of rotatable bonds is 2. The Morgan fingerprint density at radius 1 is 1.13 bits per heavy atom. The van der Waals surface area contributed by atoms with Gasteiger partial charge >= 0.3 is 0 Å². The molecule has 0 amide bonds. The molecule has 2 aromatic carbocycles. The van der Waals surface area contributed by atoms with Gasteiger partial charge in [-0.2, -0.15) is 5.10 Å². The molecule has 0 fully saturated rings. The van der Waals surface area contributed by atoms with E-state index in [-0.39, 0.29) is 0 Å². The van der Waals surface area contributed by atoms with Gasteiger partial charge in [-0.05, 0) is 49.3 Å². The Labute approximate surface area is 143 Å². The summed E-state index contributed by atoms with van der Waals surface area (Å²) in [4.78, 5) is 0. The van der Waals surface area contributed by atoms with Gasteiger partial charge in [-0.25, -0.2) is 0 Å². The predicted molar refractivity (Wildman–Crippen MR) is 99.0 cm³/mol. The smallest absolute Gasteiger partial charge is 0.200 e. The predicted octanol–water partition coefficient (Wildman–Crippen LogP) is 5.43. The Hall–Kier alpha value is -2.24. The number of hydrogen-bond donors (Lipinski definition) is 1. The lowest BCUT2D eigenvalue weighted by Gasteiger charge is -2.10. The first-order valence-electron chi connectivity index (χ1n) is 7.37. The second-order valence-corrected chi connectivity index (χ2v) is 6.92. The standard InChI is InChI=1S/C18H15N3S2/c1-11-7-8-12(2)15(9-11)21-17(19-20-18(21)22)14-10-23-16-6-4-3-5-13(14)16/h3-10H,1-2H3,(H,20,22). The highest BCUT2D eigenvalue weighted by molar-refractivity contribution is 7.71. The van der Waals surface area contributed by atoms with Crippen molar-refractivity contribution in [2.45, 2.75) is 13.8 Å². The molecule has 0 aliphatic heterocycles. The van der Waals surface area contributed by atoms with Crippen molar-refractivity contribution in [1.29, 1.82) is 0 Å². The molecule has 0 aliphatic carbocycles. The van der Waals surface area contributed by atoms with E-state index < -0.39 is 0 Å². The number of hydrogen-bond acceptors (Lipinski definition) is 3. The third-order valence-electron chi connectivity index (χ3n) is 4.00. The molecule has 5 heteroatoms. The van der Waals surface area contributed by atoms with E-state index in [9.17, 15) is 0 Å². The quantitative estimate of drug-likeness (QED) is 0.495. The maximum atomic E-state index is 5.50. The zero-order chi connectivity index (χ0) is 16.0. The van der Waals surface area contributed by atoms with Gasteiger partial charge in [0.1, 0.15) is 0 Å². The Balaban J connectivity index is 2.02. The van der Waals surface area contributed by atoms with Crippen LogP contribution in [0.3, 0.4) is 0 Å². The van der Waals surface area contributed by atoms with Crippen LogP contribution in [0.25, 0.3) is 27.2 Å². The van der Waals surface area contributed by atoms with Crippen LogP contribution in [0.4, 0.5) is 0 Å². The van der Waals surface area contributed by atoms with Gasteiger partial charge in [0, 0.05) is 21.0 Å². The van der Waals surface area contributed by atoms with Gasteiger partial charge in [0.15, 0.2) is 10.6 Å². The lowest BCUT2D eigenvalue weighted by atomic mass is 10.1. The molecule has 2 heterocycles. The number of fused-ring (bicyclic) bond motifs is 1. The minimum Gasteiger partial charge on any atom is -0.268 e. The molecule has 0 spiro atoms. The molecule has 0 unspecified atom stereocenters. The fourth-order valence-corrected chi connectivity index (χ4v) is 3.98. The van der Waals surface area contributed by atoms with Crippen LogP contribution in [0.15, 0.2) is 47.8 Å². The van der Waals surface area contributed by atoms with Gasteiger partial charge in [-0.3, -0.25) is 9.67 Å². The minimum absolute atomic E-state index is 0.615. The normalized spacial score (nSPS) is 11.2. The molecule has 114 valence electrons. The number of H-pyrrole nitrogens is 1. The van der Waals surface area contributed by atoms with Crippen LogP contribution in [0.2, 0.25) is 0 Å². The van der Waals surface area contributed by atoms with Gasteiger partial charge in [0.2, 0.25) is 0 Å². The molecular formula is C18H15N3S2. The molecule has 0 aliphatic rings. The number of thiophene rings is 1. The first kappa shape index (κ1) is 14.4. The van der Waals surface area contributed by atoms with Gasteiger partial charge < -0.3 is 0 Å². The van der Waals surface area contributed by atoms with E-state index >= 15 is 0 Å². The maximum absolute atomic E-state index is 5.50. The van der Waals surface area contributed by atoms with E-state index in [0.29, 0.717) is 4.77 Å². The molecule has 4 aromatic rings. The van der Waals surface area contributed by atoms with Crippen LogP contribution in [-0.4, -0.2) is 14.8 Å². The van der Waals surface area contributed by atoms with Crippen molar-refractivity contribution in [2.75, 3.05) is 0 Å². The minimum atomic E-state index is 0.615. The van der Waals surface area contributed by atoms with Crippen molar-refractivity contribution >= 4 is 33.6 Å². The highest BCUT2D eigenvalue weighted by atomic mass is 32.1. The summed E-state index contributed by atoms with van der Waals surface area (Å²) in [5.74, 6) is 0.862. The van der Waals surface area contributed by atoms with Crippen LogP contribution in [0.5, 0.6) is 0 Å². The summed E-state index contributed by atoms with van der Waals surface area (Å²) in [6.45, 7) is 4.19. The SMILES string of the molecule is Cc1ccc(C)c(-n2c(-c3csc4ccccc34)n[nH]c2=S)c1. The highest BCUT2D eigenvalue weighted by Crippen LogP contribution is 2.34. The third-order valence-corrected chi connectivity index (χ3v) is 5.24. The fourth-order valence-electron chi connectivity index (χ4n) is 2.81. The third kappa shape index (κ3) is 2.33. The van der Waals surface area contributed by atoms with Crippen LogP contribution >= 0.6 is 23.6 Å². The van der Waals surface area contributed by atoms with E-state index in [1.165, 1.54) is 21.2 Å². The monoisotopic (exact) mass is 337 g/mol. The van der Waals surface area contributed by atoms with E-state index in [1.807, 2.05) is 4.57 Å². The Morgan fingerprint density at radius 3 is 2.83 bits per heavy atom. The van der Waals surface area contributed by atoms with E-state index in [2.05, 4.69) is 71.9 Å². The fraction of sp³-hybridized carbons (Fsp3) is 0.111. The number of benzene rings is 2. The Kier molecular flexibility index (Phi) is 3.39. The Bertz CT molecular complexity index is 1070. The first-order valence-corrected chi connectivity index (χ1v) is 8.65. The van der Waals surface area contributed by atoms with E-state index in [4.69, 9.17) is 12.2 Å².